The first kappa shape index (κ1) is 16.0. The standard InChI is InChI=1S/C20H17N5O/c26-20(6-5-15-13-16-3-1-2-4-18(16)22-14-15)23-19-9-12-25(24-19)17-7-10-21-11-8-17/h1-4,7-14H,5-6H2,(H,23,24,26). The molecule has 0 spiro atoms. The second kappa shape index (κ2) is 7.14. The average molecular weight is 343 g/mol. The summed E-state index contributed by atoms with van der Waals surface area (Å²) >= 11 is 0. The first-order chi connectivity index (χ1) is 12.8. The van der Waals surface area contributed by atoms with E-state index >= 15 is 0 Å². The number of nitrogens with one attached hydrogen (secondary N) is 1. The number of hydrogen-bond donors (Lipinski definition) is 1. The van der Waals surface area contributed by atoms with Crippen molar-refractivity contribution in [1.82, 2.24) is 19.7 Å². The minimum Gasteiger partial charge on any atom is -0.309 e. The van der Waals surface area contributed by atoms with E-state index in [-0.39, 0.29) is 5.91 Å². The van der Waals surface area contributed by atoms with Crippen LogP contribution in [-0.2, 0) is 11.2 Å². The molecule has 0 saturated carbocycles. The SMILES string of the molecule is O=C(CCc1cnc2ccccc2c1)Nc1ccn(-c2ccncc2)n1. The Balaban J connectivity index is 1.37. The molecule has 0 aliphatic carbocycles. The normalized spacial score (nSPS) is 10.8. The largest absolute Gasteiger partial charge is 0.309 e. The number of hydrogen-bond acceptors (Lipinski definition) is 4. The van der Waals surface area contributed by atoms with Gasteiger partial charge < -0.3 is 5.32 Å². The van der Waals surface area contributed by atoms with E-state index < -0.39 is 0 Å². The maximum absolute atomic E-state index is 12.2. The molecule has 0 atom stereocenters. The van der Waals surface area contributed by atoms with E-state index in [2.05, 4.69) is 26.4 Å². The van der Waals surface area contributed by atoms with Crippen LogP contribution in [0.25, 0.3) is 16.6 Å². The van der Waals surface area contributed by atoms with Gasteiger partial charge in [-0.1, -0.05) is 18.2 Å². The van der Waals surface area contributed by atoms with Crippen molar-refractivity contribution < 1.29 is 4.79 Å². The minimum absolute atomic E-state index is 0.0712. The molecule has 0 saturated heterocycles. The number of aryl methyl sites for hydroxylation is 1. The fourth-order valence-corrected chi connectivity index (χ4v) is 2.75. The third-order valence-corrected chi connectivity index (χ3v) is 4.07. The Morgan fingerprint density at radius 2 is 1.92 bits per heavy atom. The van der Waals surface area contributed by atoms with Crippen molar-refractivity contribution in [1.29, 1.82) is 0 Å². The quantitative estimate of drug-likeness (QED) is 0.603. The molecule has 0 bridgehead atoms. The van der Waals surface area contributed by atoms with Crippen LogP contribution in [0.1, 0.15) is 12.0 Å². The zero-order chi connectivity index (χ0) is 17.8. The van der Waals surface area contributed by atoms with E-state index in [0.717, 1.165) is 22.2 Å². The number of aromatic nitrogens is 4. The van der Waals surface area contributed by atoms with Crippen LogP contribution in [0.3, 0.4) is 0 Å². The smallest absolute Gasteiger partial charge is 0.225 e. The van der Waals surface area contributed by atoms with Gasteiger partial charge in [0.1, 0.15) is 0 Å². The predicted octanol–water partition coefficient (Wildman–Crippen LogP) is 3.39. The van der Waals surface area contributed by atoms with Crippen LogP contribution in [0.15, 0.2) is 73.3 Å². The highest BCUT2D eigenvalue weighted by molar-refractivity contribution is 5.90. The van der Waals surface area contributed by atoms with E-state index in [1.165, 1.54) is 0 Å². The second-order valence-electron chi connectivity index (χ2n) is 5.94. The lowest BCUT2D eigenvalue weighted by molar-refractivity contribution is -0.116. The Morgan fingerprint density at radius 3 is 2.81 bits per heavy atom. The van der Waals surface area contributed by atoms with Crippen molar-refractivity contribution in [3.8, 4) is 5.69 Å². The predicted molar refractivity (Wildman–Crippen MR) is 100 cm³/mol. The summed E-state index contributed by atoms with van der Waals surface area (Å²) in [6, 6.07) is 15.5. The molecule has 4 rings (SSSR count). The van der Waals surface area contributed by atoms with Crippen LogP contribution in [0.5, 0.6) is 0 Å². The summed E-state index contributed by atoms with van der Waals surface area (Å²) in [6.45, 7) is 0. The van der Waals surface area contributed by atoms with Crippen molar-refractivity contribution in [2.24, 2.45) is 0 Å². The van der Waals surface area contributed by atoms with Crippen molar-refractivity contribution in [3.05, 3.63) is 78.9 Å². The van der Waals surface area contributed by atoms with Crippen LogP contribution < -0.4 is 5.32 Å². The first-order valence-corrected chi connectivity index (χ1v) is 8.37. The lowest BCUT2D eigenvalue weighted by atomic mass is 10.1. The Kier molecular flexibility index (Phi) is 4.38. The number of anilines is 1. The maximum Gasteiger partial charge on any atom is 0.225 e. The first-order valence-electron chi connectivity index (χ1n) is 8.37. The van der Waals surface area contributed by atoms with Gasteiger partial charge in [-0.3, -0.25) is 14.8 Å². The molecule has 26 heavy (non-hydrogen) atoms. The molecular formula is C20H17N5O. The van der Waals surface area contributed by atoms with E-state index in [0.29, 0.717) is 18.7 Å². The lowest BCUT2D eigenvalue weighted by Gasteiger charge is -2.04. The number of amides is 1. The zero-order valence-electron chi connectivity index (χ0n) is 14.0. The van der Waals surface area contributed by atoms with Crippen molar-refractivity contribution >= 4 is 22.6 Å². The van der Waals surface area contributed by atoms with Crippen molar-refractivity contribution in [3.63, 3.8) is 0 Å². The Labute approximate surface area is 150 Å². The van der Waals surface area contributed by atoms with Crippen LogP contribution in [-0.4, -0.2) is 25.7 Å². The van der Waals surface area contributed by atoms with E-state index in [9.17, 15) is 4.79 Å². The van der Waals surface area contributed by atoms with Crippen LogP contribution in [0.4, 0.5) is 5.82 Å². The van der Waals surface area contributed by atoms with E-state index in [1.54, 1.807) is 29.3 Å². The molecule has 0 fully saturated rings. The van der Waals surface area contributed by atoms with Gasteiger partial charge in [0.2, 0.25) is 5.91 Å². The van der Waals surface area contributed by atoms with Gasteiger partial charge in [-0.15, -0.1) is 0 Å². The molecular weight excluding hydrogens is 326 g/mol. The molecule has 0 aliphatic rings. The van der Waals surface area contributed by atoms with Gasteiger partial charge in [0, 0.05) is 42.7 Å². The van der Waals surface area contributed by atoms with Gasteiger partial charge in [0.15, 0.2) is 5.82 Å². The molecule has 4 aromatic rings. The fraction of sp³-hybridized carbons (Fsp3) is 0.100. The monoisotopic (exact) mass is 343 g/mol. The molecule has 0 radical (unpaired) electrons. The maximum atomic E-state index is 12.2. The Hall–Kier alpha value is -3.54. The highest BCUT2D eigenvalue weighted by Gasteiger charge is 2.07. The highest BCUT2D eigenvalue weighted by atomic mass is 16.1. The second-order valence-corrected chi connectivity index (χ2v) is 5.94. The topological polar surface area (TPSA) is 72.7 Å². The van der Waals surface area contributed by atoms with Gasteiger partial charge in [-0.25, -0.2) is 4.68 Å². The number of nitrogens with zero attached hydrogens (tertiary/aromatic N) is 4. The molecule has 6 heteroatoms. The summed E-state index contributed by atoms with van der Waals surface area (Å²) in [5, 5.41) is 8.28. The number of fused-ring (bicyclic) bond motifs is 1. The van der Waals surface area contributed by atoms with E-state index in [4.69, 9.17) is 0 Å². The van der Waals surface area contributed by atoms with Crippen LogP contribution in [0.2, 0.25) is 0 Å². The number of carbonyl (C=O) groups excluding carboxylic acids is 1. The Morgan fingerprint density at radius 1 is 1.08 bits per heavy atom. The molecule has 0 aliphatic heterocycles. The number of rotatable bonds is 5. The molecule has 3 heterocycles. The summed E-state index contributed by atoms with van der Waals surface area (Å²) in [6.07, 6.45) is 8.04. The molecule has 1 aromatic carbocycles. The summed E-state index contributed by atoms with van der Waals surface area (Å²) in [5.74, 6) is 0.460. The van der Waals surface area contributed by atoms with Crippen molar-refractivity contribution in [2.45, 2.75) is 12.8 Å². The van der Waals surface area contributed by atoms with Gasteiger partial charge >= 0.3 is 0 Å². The van der Waals surface area contributed by atoms with Crippen LogP contribution in [0, 0.1) is 0 Å². The van der Waals surface area contributed by atoms with Crippen LogP contribution >= 0.6 is 0 Å². The number of pyridine rings is 2. The number of para-hydroxylation sites is 1. The summed E-state index contributed by atoms with van der Waals surface area (Å²) in [5.41, 5.74) is 2.89. The number of benzene rings is 1. The third kappa shape index (κ3) is 3.59. The molecule has 6 nitrogen and oxygen atoms in total. The van der Waals surface area contributed by atoms with Gasteiger partial charge in [-0.05, 0) is 36.2 Å². The molecule has 128 valence electrons. The zero-order valence-corrected chi connectivity index (χ0v) is 14.0. The Bertz CT molecular complexity index is 1040. The highest BCUT2D eigenvalue weighted by Crippen LogP contribution is 2.14. The third-order valence-electron chi connectivity index (χ3n) is 4.07. The van der Waals surface area contributed by atoms with E-state index in [1.807, 2.05) is 42.6 Å². The lowest BCUT2D eigenvalue weighted by Crippen LogP contribution is -2.13. The van der Waals surface area contributed by atoms with Gasteiger partial charge in [0.05, 0.1) is 11.2 Å². The summed E-state index contributed by atoms with van der Waals surface area (Å²) in [4.78, 5) is 20.6. The summed E-state index contributed by atoms with van der Waals surface area (Å²) < 4.78 is 1.70. The van der Waals surface area contributed by atoms with Gasteiger partial charge in [-0.2, -0.15) is 5.10 Å². The summed E-state index contributed by atoms with van der Waals surface area (Å²) in [7, 11) is 0. The number of carbonyl (C=O) groups is 1. The molecule has 3 aromatic heterocycles. The molecule has 1 amide bonds. The molecule has 0 unspecified atom stereocenters. The average Bonchev–Trinajstić information content (AvgIpc) is 3.15. The fourth-order valence-electron chi connectivity index (χ4n) is 2.75. The van der Waals surface area contributed by atoms with Crippen molar-refractivity contribution in [2.75, 3.05) is 5.32 Å². The van der Waals surface area contributed by atoms with Gasteiger partial charge in [0.25, 0.3) is 0 Å². The molecule has 1 N–H and O–H groups in total. The minimum atomic E-state index is -0.0712.